The molecule has 0 amide bonds. The smallest absolute Gasteiger partial charge is 0.231 e. The second-order valence-corrected chi connectivity index (χ2v) is 5.35. The molecule has 21 heavy (non-hydrogen) atoms. The molecule has 112 valence electrons. The summed E-state index contributed by atoms with van der Waals surface area (Å²) in [5.74, 6) is 1.61. The van der Waals surface area contributed by atoms with Crippen molar-refractivity contribution in [1.82, 2.24) is 15.1 Å². The number of nitrogens with one attached hydrogen (secondary N) is 1. The van der Waals surface area contributed by atoms with E-state index in [1.807, 2.05) is 29.9 Å². The monoisotopic (exact) mass is 307 g/mol. The Balaban J connectivity index is 1.63. The van der Waals surface area contributed by atoms with Gasteiger partial charge >= 0.3 is 0 Å². The van der Waals surface area contributed by atoms with Crippen LogP contribution >= 0.6 is 11.6 Å². The third-order valence-corrected chi connectivity index (χ3v) is 4.00. The SMILES string of the molecule is CCc1nn(C)c(CNCc2ccc3c(c2)OCO3)c1Cl. The van der Waals surface area contributed by atoms with Gasteiger partial charge in [0.25, 0.3) is 0 Å². The van der Waals surface area contributed by atoms with Gasteiger partial charge in [-0.1, -0.05) is 24.6 Å². The zero-order valence-corrected chi connectivity index (χ0v) is 12.9. The van der Waals surface area contributed by atoms with Gasteiger partial charge in [-0.25, -0.2) is 0 Å². The van der Waals surface area contributed by atoms with Gasteiger partial charge in [0.2, 0.25) is 6.79 Å². The standard InChI is InChI=1S/C15H18ClN3O2/c1-3-11-15(16)12(19(2)18-11)8-17-7-10-4-5-13-14(6-10)21-9-20-13/h4-6,17H,3,7-9H2,1-2H3. The molecule has 0 saturated heterocycles. The van der Waals surface area contributed by atoms with Crippen LogP contribution in [0.5, 0.6) is 11.5 Å². The molecule has 2 heterocycles. The first-order valence-corrected chi connectivity index (χ1v) is 7.36. The van der Waals surface area contributed by atoms with E-state index in [4.69, 9.17) is 21.1 Å². The molecule has 3 rings (SSSR count). The van der Waals surface area contributed by atoms with Crippen LogP contribution in [0.25, 0.3) is 0 Å². The summed E-state index contributed by atoms with van der Waals surface area (Å²) in [7, 11) is 1.92. The van der Waals surface area contributed by atoms with Crippen LogP contribution in [0.3, 0.4) is 0 Å². The van der Waals surface area contributed by atoms with E-state index in [0.29, 0.717) is 13.3 Å². The third kappa shape index (κ3) is 2.84. The summed E-state index contributed by atoms with van der Waals surface area (Å²) in [6.07, 6.45) is 0.842. The largest absolute Gasteiger partial charge is 0.454 e. The molecule has 0 aliphatic carbocycles. The number of halogens is 1. The summed E-state index contributed by atoms with van der Waals surface area (Å²) in [6, 6.07) is 5.96. The van der Waals surface area contributed by atoms with Crippen molar-refractivity contribution in [2.24, 2.45) is 7.05 Å². The first-order chi connectivity index (χ1) is 10.2. The van der Waals surface area contributed by atoms with Crippen LogP contribution in [-0.2, 0) is 26.6 Å². The summed E-state index contributed by atoms with van der Waals surface area (Å²) < 4.78 is 12.5. The van der Waals surface area contributed by atoms with E-state index < -0.39 is 0 Å². The van der Waals surface area contributed by atoms with E-state index in [1.54, 1.807) is 0 Å². The maximum absolute atomic E-state index is 6.33. The molecule has 0 saturated carbocycles. The number of aromatic nitrogens is 2. The van der Waals surface area contributed by atoms with Crippen LogP contribution in [0.1, 0.15) is 23.9 Å². The lowest BCUT2D eigenvalue weighted by Gasteiger charge is -2.07. The average Bonchev–Trinajstić information content (AvgIpc) is 3.05. The van der Waals surface area contributed by atoms with Gasteiger partial charge in [-0.3, -0.25) is 4.68 Å². The Labute approximate surface area is 128 Å². The van der Waals surface area contributed by atoms with Crippen molar-refractivity contribution < 1.29 is 9.47 Å². The molecule has 1 aliphatic heterocycles. The molecule has 2 aromatic rings. The quantitative estimate of drug-likeness (QED) is 0.922. The minimum atomic E-state index is 0.302. The third-order valence-electron chi connectivity index (χ3n) is 3.56. The molecular formula is C15H18ClN3O2. The van der Waals surface area contributed by atoms with Gasteiger partial charge in [0.1, 0.15) is 0 Å². The summed E-state index contributed by atoms with van der Waals surface area (Å²) in [5.41, 5.74) is 3.10. The Hall–Kier alpha value is -1.72. The minimum absolute atomic E-state index is 0.302. The van der Waals surface area contributed by atoms with Crippen LogP contribution in [0.4, 0.5) is 0 Å². The molecule has 1 aliphatic rings. The Morgan fingerprint density at radius 3 is 2.86 bits per heavy atom. The lowest BCUT2D eigenvalue weighted by molar-refractivity contribution is 0.174. The van der Waals surface area contributed by atoms with Crippen molar-refractivity contribution in [1.29, 1.82) is 0 Å². The molecule has 0 atom stereocenters. The number of fused-ring (bicyclic) bond motifs is 1. The van der Waals surface area contributed by atoms with Gasteiger partial charge in [-0.05, 0) is 24.1 Å². The lowest BCUT2D eigenvalue weighted by Crippen LogP contribution is -2.15. The summed E-state index contributed by atoms with van der Waals surface area (Å²) in [5, 5.41) is 8.56. The highest BCUT2D eigenvalue weighted by molar-refractivity contribution is 6.31. The van der Waals surface area contributed by atoms with Crippen molar-refractivity contribution in [2.75, 3.05) is 6.79 Å². The molecule has 0 spiro atoms. The van der Waals surface area contributed by atoms with E-state index in [-0.39, 0.29) is 0 Å². The Morgan fingerprint density at radius 2 is 2.10 bits per heavy atom. The molecule has 0 radical (unpaired) electrons. The maximum atomic E-state index is 6.33. The first-order valence-electron chi connectivity index (χ1n) is 6.98. The van der Waals surface area contributed by atoms with Crippen LogP contribution in [0.2, 0.25) is 5.02 Å². The normalized spacial score (nSPS) is 12.9. The van der Waals surface area contributed by atoms with E-state index in [9.17, 15) is 0 Å². The maximum Gasteiger partial charge on any atom is 0.231 e. The second-order valence-electron chi connectivity index (χ2n) is 4.98. The molecule has 0 unspecified atom stereocenters. The van der Waals surface area contributed by atoms with Crippen LogP contribution in [0, 0.1) is 0 Å². The van der Waals surface area contributed by atoms with Gasteiger partial charge in [0, 0.05) is 20.1 Å². The van der Waals surface area contributed by atoms with Crippen molar-refractivity contribution in [3.8, 4) is 11.5 Å². The van der Waals surface area contributed by atoms with E-state index >= 15 is 0 Å². The highest BCUT2D eigenvalue weighted by Gasteiger charge is 2.14. The molecule has 0 fully saturated rings. The van der Waals surface area contributed by atoms with Gasteiger partial charge in [-0.15, -0.1) is 0 Å². The molecule has 1 aromatic carbocycles. The van der Waals surface area contributed by atoms with Crippen LogP contribution in [-0.4, -0.2) is 16.6 Å². The Morgan fingerprint density at radius 1 is 1.29 bits per heavy atom. The summed E-state index contributed by atoms with van der Waals surface area (Å²) in [6.45, 7) is 3.77. The number of aryl methyl sites for hydroxylation is 2. The number of benzene rings is 1. The Kier molecular flexibility index (Phi) is 4.03. The fourth-order valence-electron chi connectivity index (χ4n) is 2.39. The predicted octanol–water partition coefficient (Wildman–Crippen LogP) is 2.65. The van der Waals surface area contributed by atoms with Gasteiger partial charge in [0.05, 0.1) is 16.4 Å². The fraction of sp³-hybridized carbons (Fsp3) is 0.400. The van der Waals surface area contributed by atoms with Crippen LogP contribution < -0.4 is 14.8 Å². The number of hydrogen-bond acceptors (Lipinski definition) is 4. The lowest BCUT2D eigenvalue weighted by atomic mass is 10.2. The van der Waals surface area contributed by atoms with Crippen molar-refractivity contribution in [3.63, 3.8) is 0 Å². The highest BCUT2D eigenvalue weighted by atomic mass is 35.5. The average molecular weight is 308 g/mol. The molecule has 5 nitrogen and oxygen atoms in total. The van der Waals surface area contributed by atoms with Crippen molar-refractivity contribution >= 4 is 11.6 Å². The zero-order chi connectivity index (χ0) is 14.8. The molecule has 6 heteroatoms. The van der Waals surface area contributed by atoms with Gasteiger partial charge in [-0.2, -0.15) is 5.10 Å². The second kappa shape index (κ2) is 5.95. The fourth-order valence-corrected chi connectivity index (χ4v) is 2.75. The topological polar surface area (TPSA) is 48.3 Å². The first kappa shape index (κ1) is 14.2. The van der Waals surface area contributed by atoms with E-state index in [1.165, 1.54) is 0 Å². The number of hydrogen-bond donors (Lipinski definition) is 1. The Bertz CT molecular complexity index is 655. The van der Waals surface area contributed by atoms with Gasteiger partial charge in [0.15, 0.2) is 11.5 Å². The summed E-state index contributed by atoms with van der Waals surface area (Å²) in [4.78, 5) is 0. The van der Waals surface area contributed by atoms with Crippen molar-refractivity contribution in [3.05, 3.63) is 40.2 Å². The van der Waals surface area contributed by atoms with Gasteiger partial charge < -0.3 is 14.8 Å². The number of rotatable bonds is 5. The molecule has 1 aromatic heterocycles. The number of ether oxygens (including phenoxy) is 2. The minimum Gasteiger partial charge on any atom is -0.454 e. The summed E-state index contributed by atoms with van der Waals surface area (Å²) >= 11 is 6.33. The highest BCUT2D eigenvalue weighted by Crippen LogP contribution is 2.32. The number of nitrogens with zero attached hydrogens (tertiary/aromatic N) is 2. The predicted molar refractivity (Wildman–Crippen MR) is 80.7 cm³/mol. The molecule has 0 bridgehead atoms. The van der Waals surface area contributed by atoms with Crippen LogP contribution in [0.15, 0.2) is 18.2 Å². The van der Waals surface area contributed by atoms with E-state index in [2.05, 4.69) is 17.3 Å². The van der Waals surface area contributed by atoms with Crippen molar-refractivity contribution in [2.45, 2.75) is 26.4 Å². The zero-order valence-electron chi connectivity index (χ0n) is 12.1. The molecular weight excluding hydrogens is 290 g/mol. The molecule has 1 N–H and O–H groups in total. The van der Waals surface area contributed by atoms with E-state index in [0.717, 1.165) is 46.4 Å².